The lowest BCUT2D eigenvalue weighted by Gasteiger charge is -2.39. The number of benzene rings is 2. The fourth-order valence-corrected chi connectivity index (χ4v) is 6.52. The maximum atomic E-state index is 13.2. The van der Waals surface area contributed by atoms with Crippen molar-refractivity contribution in [3.8, 4) is 0 Å². The van der Waals surface area contributed by atoms with E-state index in [9.17, 15) is 13.2 Å². The van der Waals surface area contributed by atoms with Gasteiger partial charge in [-0.15, -0.1) is 0 Å². The quantitative estimate of drug-likeness (QED) is 0.666. The summed E-state index contributed by atoms with van der Waals surface area (Å²) in [5, 5.41) is 0.443. The molecule has 0 bridgehead atoms. The summed E-state index contributed by atoms with van der Waals surface area (Å²) in [5.41, 5.74) is 1.16. The molecule has 0 unspecified atom stereocenters. The van der Waals surface area contributed by atoms with Crippen LogP contribution in [0.25, 0.3) is 0 Å². The number of amides is 1. The van der Waals surface area contributed by atoms with Crippen molar-refractivity contribution in [2.75, 3.05) is 44.2 Å². The fraction of sp³-hybridized carbons (Fsp3) is 0.409. The molecule has 0 radical (unpaired) electrons. The molecular weight excluding hydrogens is 457 g/mol. The summed E-state index contributed by atoms with van der Waals surface area (Å²) in [6.07, 6.45) is 1.32. The zero-order valence-electron chi connectivity index (χ0n) is 17.1. The Morgan fingerprint density at radius 1 is 0.935 bits per heavy atom. The van der Waals surface area contributed by atoms with Gasteiger partial charge in [0.05, 0.1) is 10.9 Å². The number of carbonyl (C=O) groups excluding carboxylic acids is 1. The van der Waals surface area contributed by atoms with Gasteiger partial charge in [0.1, 0.15) is 4.90 Å². The molecule has 0 N–H and O–H groups in total. The summed E-state index contributed by atoms with van der Waals surface area (Å²) in [7, 11) is -3.82. The van der Waals surface area contributed by atoms with E-state index in [-0.39, 0.29) is 28.3 Å². The molecule has 2 saturated heterocycles. The number of piperidine rings is 1. The molecule has 31 heavy (non-hydrogen) atoms. The van der Waals surface area contributed by atoms with Gasteiger partial charge in [-0.05, 0) is 43.2 Å². The van der Waals surface area contributed by atoms with Gasteiger partial charge in [-0.2, -0.15) is 4.31 Å². The third kappa shape index (κ3) is 4.85. The molecule has 1 amide bonds. The lowest BCUT2D eigenvalue weighted by atomic mass is 9.97. The van der Waals surface area contributed by atoms with Crippen molar-refractivity contribution < 1.29 is 13.2 Å². The Balaban J connectivity index is 1.42. The molecule has 2 heterocycles. The number of anilines is 1. The molecule has 2 aliphatic rings. The molecule has 0 saturated carbocycles. The lowest BCUT2D eigenvalue weighted by Crippen LogP contribution is -2.53. The van der Waals surface area contributed by atoms with Crippen LogP contribution >= 0.6 is 23.2 Å². The predicted molar refractivity (Wildman–Crippen MR) is 123 cm³/mol. The van der Waals surface area contributed by atoms with Crippen molar-refractivity contribution in [2.24, 2.45) is 5.92 Å². The van der Waals surface area contributed by atoms with Crippen molar-refractivity contribution in [1.29, 1.82) is 0 Å². The first-order chi connectivity index (χ1) is 14.9. The van der Waals surface area contributed by atoms with Gasteiger partial charge < -0.3 is 9.80 Å². The third-order valence-electron chi connectivity index (χ3n) is 5.96. The van der Waals surface area contributed by atoms with Gasteiger partial charge in [-0.1, -0.05) is 41.4 Å². The van der Waals surface area contributed by atoms with E-state index in [2.05, 4.69) is 17.0 Å². The van der Waals surface area contributed by atoms with Crippen LogP contribution in [0.4, 0.5) is 5.69 Å². The van der Waals surface area contributed by atoms with Crippen LogP contribution in [0.5, 0.6) is 0 Å². The van der Waals surface area contributed by atoms with Gasteiger partial charge in [-0.3, -0.25) is 4.79 Å². The summed E-state index contributed by atoms with van der Waals surface area (Å²) >= 11 is 12.1. The summed E-state index contributed by atoms with van der Waals surface area (Å²) < 4.78 is 27.7. The molecule has 0 aliphatic carbocycles. The molecule has 2 aromatic carbocycles. The summed E-state index contributed by atoms with van der Waals surface area (Å²) in [5.74, 6) is -0.311. The monoisotopic (exact) mass is 481 g/mol. The number of carbonyl (C=O) groups is 1. The Morgan fingerprint density at radius 2 is 1.65 bits per heavy atom. The van der Waals surface area contributed by atoms with Crippen LogP contribution in [0, 0.1) is 5.92 Å². The molecule has 6 nitrogen and oxygen atoms in total. The topological polar surface area (TPSA) is 60.9 Å². The second-order valence-electron chi connectivity index (χ2n) is 7.92. The van der Waals surface area contributed by atoms with Crippen LogP contribution in [-0.4, -0.2) is 62.8 Å². The first kappa shape index (κ1) is 22.4. The number of para-hydroxylation sites is 1. The van der Waals surface area contributed by atoms with Crippen molar-refractivity contribution in [3.05, 3.63) is 58.6 Å². The fourth-order valence-electron chi connectivity index (χ4n) is 4.26. The molecule has 0 spiro atoms. The molecule has 2 aliphatic heterocycles. The van der Waals surface area contributed by atoms with Crippen LogP contribution in [0.15, 0.2) is 53.4 Å². The number of sulfonamides is 1. The minimum atomic E-state index is -3.82. The highest BCUT2D eigenvalue weighted by molar-refractivity contribution is 7.89. The molecule has 2 aromatic rings. The van der Waals surface area contributed by atoms with Crippen LogP contribution in [0.3, 0.4) is 0 Å². The average molecular weight is 482 g/mol. The van der Waals surface area contributed by atoms with Crippen molar-refractivity contribution >= 4 is 44.8 Å². The second kappa shape index (κ2) is 9.36. The minimum Gasteiger partial charge on any atom is -0.368 e. The number of halogens is 2. The number of nitrogens with zero attached hydrogens (tertiary/aromatic N) is 3. The van der Waals surface area contributed by atoms with E-state index >= 15 is 0 Å². The zero-order valence-corrected chi connectivity index (χ0v) is 19.4. The Kier molecular flexibility index (Phi) is 6.77. The average Bonchev–Trinajstić information content (AvgIpc) is 2.81. The standard InChI is InChI=1S/C22H25Cl2N3O3S/c23-18-8-9-20(24)21(15-18)31(29,30)27-10-4-5-17(16-27)22(28)26-13-11-25(12-14-26)19-6-2-1-3-7-19/h1-3,6-9,15,17H,4-5,10-14,16H2/t17-/m1/s1. The van der Waals surface area contributed by atoms with Gasteiger partial charge in [-0.25, -0.2) is 8.42 Å². The van der Waals surface area contributed by atoms with E-state index in [1.54, 1.807) is 6.07 Å². The van der Waals surface area contributed by atoms with E-state index in [4.69, 9.17) is 23.2 Å². The molecule has 4 rings (SSSR count). The van der Waals surface area contributed by atoms with Crippen LogP contribution < -0.4 is 4.90 Å². The molecular formula is C22H25Cl2N3O3S. The van der Waals surface area contributed by atoms with E-state index in [0.29, 0.717) is 37.5 Å². The van der Waals surface area contributed by atoms with Crippen molar-refractivity contribution in [2.45, 2.75) is 17.7 Å². The van der Waals surface area contributed by atoms with Crippen molar-refractivity contribution in [3.63, 3.8) is 0 Å². The Morgan fingerprint density at radius 3 is 2.35 bits per heavy atom. The van der Waals surface area contributed by atoms with Gasteiger partial charge >= 0.3 is 0 Å². The normalized spacial score (nSPS) is 20.6. The maximum absolute atomic E-state index is 13.2. The highest BCUT2D eigenvalue weighted by atomic mass is 35.5. The zero-order chi connectivity index (χ0) is 22.0. The predicted octanol–water partition coefficient (Wildman–Crippen LogP) is 3.74. The first-order valence-electron chi connectivity index (χ1n) is 10.4. The van der Waals surface area contributed by atoms with Gasteiger partial charge in [0, 0.05) is 50.0 Å². The van der Waals surface area contributed by atoms with E-state index in [1.807, 2.05) is 23.1 Å². The van der Waals surface area contributed by atoms with E-state index in [1.165, 1.54) is 16.4 Å². The SMILES string of the molecule is O=C([C@@H]1CCCN(S(=O)(=O)c2cc(Cl)ccc2Cl)C1)N1CCN(c2ccccc2)CC1. The largest absolute Gasteiger partial charge is 0.368 e. The number of rotatable bonds is 4. The first-order valence-corrected chi connectivity index (χ1v) is 12.6. The van der Waals surface area contributed by atoms with E-state index < -0.39 is 10.0 Å². The molecule has 1 atom stereocenters. The molecule has 166 valence electrons. The van der Waals surface area contributed by atoms with Gasteiger partial charge in [0.2, 0.25) is 15.9 Å². The number of hydrogen-bond acceptors (Lipinski definition) is 4. The molecule has 0 aromatic heterocycles. The summed E-state index contributed by atoms with van der Waals surface area (Å²) in [4.78, 5) is 17.3. The number of hydrogen-bond donors (Lipinski definition) is 0. The molecule has 2 fully saturated rings. The maximum Gasteiger partial charge on any atom is 0.244 e. The Bertz CT molecular complexity index is 1040. The molecule has 9 heteroatoms. The van der Waals surface area contributed by atoms with Crippen LogP contribution in [0.2, 0.25) is 10.0 Å². The van der Waals surface area contributed by atoms with Crippen LogP contribution in [0.1, 0.15) is 12.8 Å². The Labute approximate surface area is 193 Å². The van der Waals surface area contributed by atoms with E-state index in [0.717, 1.165) is 18.8 Å². The van der Waals surface area contributed by atoms with Crippen molar-refractivity contribution in [1.82, 2.24) is 9.21 Å². The highest BCUT2D eigenvalue weighted by Gasteiger charge is 2.36. The summed E-state index contributed by atoms with van der Waals surface area (Å²) in [6.45, 7) is 3.35. The minimum absolute atomic E-state index is 0.00811. The number of piperazine rings is 1. The Hall–Kier alpha value is -1.80. The lowest BCUT2D eigenvalue weighted by molar-refractivity contribution is -0.137. The van der Waals surface area contributed by atoms with Gasteiger partial charge in [0.15, 0.2) is 0 Å². The second-order valence-corrected chi connectivity index (χ2v) is 10.7. The van der Waals surface area contributed by atoms with Crippen LogP contribution in [-0.2, 0) is 14.8 Å². The van der Waals surface area contributed by atoms with Gasteiger partial charge in [0.25, 0.3) is 0 Å². The highest BCUT2D eigenvalue weighted by Crippen LogP contribution is 2.31. The summed E-state index contributed by atoms with van der Waals surface area (Å²) in [6, 6.07) is 14.6. The third-order valence-corrected chi connectivity index (χ3v) is 8.54. The smallest absolute Gasteiger partial charge is 0.244 e.